The second kappa shape index (κ2) is 4.50. The number of hydrogen-bond acceptors (Lipinski definition) is 2. The first-order valence-electron chi connectivity index (χ1n) is 5.99. The Balaban J connectivity index is 1.85. The first-order chi connectivity index (χ1) is 7.16. The second-order valence-electron chi connectivity index (χ2n) is 5.01. The number of piperidine rings is 1. The van der Waals surface area contributed by atoms with Crippen LogP contribution in [0.15, 0.2) is 23.8 Å². The Bertz CT molecular complexity index is 272. The van der Waals surface area contributed by atoms with E-state index in [1.807, 2.05) is 13.0 Å². The minimum absolute atomic E-state index is 0.620. The topological polar surface area (TPSA) is 23.5 Å². The van der Waals surface area contributed by atoms with Crippen molar-refractivity contribution in [1.29, 1.82) is 0 Å². The number of likely N-dealkylation sites (tertiary alicyclic amines) is 1. The molecule has 0 saturated carbocycles. The highest BCUT2D eigenvalue weighted by Crippen LogP contribution is 2.21. The summed E-state index contributed by atoms with van der Waals surface area (Å²) in [6.07, 6.45) is 11.0. The fourth-order valence-corrected chi connectivity index (χ4v) is 2.25. The molecule has 1 unspecified atom stereocenters. The molecule has 2 nitrogen and oxygen atoms in total. The van der Waals surface area contributed by atoms with Gasteiger partial charge in [0.05, 0.1) is 5.60 Å². The number of nitrogens with zero attached hydrogens (tertiary/aromatic N) is 1. The Morgan fingerprint density at radius 2 is 2.07 bits per heavy atom. The van der Waals surface area contributed by atoms with Gasteiger partial charge in [0.25, 0.3) is 0 Å². The summed E-state index contributed by atoms with van der Waals surface area (Å²) in [7, 11) is 0. The van der Waals surface area contributed by atoms with Crippen molar-refractivity contribution in [3.8, 4) is 0 Å². The minimum atomic E-state index is -0.620. The van der Waals surface area contributed by atoms with Crippen LogP contribution in [0.25, 0.3) is 0 Å². The molecule has 0 aromatic heterocycles. The lowest BCUT2D eigenvalue weighted by Gasteiger charge is -2.29. The average molecular weight is 207 g/mol. The van der Waals surface area contributed by atoms with E-state index in [2.05, 4.69) is 17.1 Å². The van der Waals surface area contributed by atoms with Crippen molar-refractivity contribution in [3.05, 3.63) is 23.8 Å². The van der Waals surface area contributed by atoms with E-state index in [9.17, 15) is 5.11 Å². The first kappa shape index (κ1) is 10.9. The van der Waals surface area contributed by atoms with Crippen LogP contribution in [-0.4, -0.2) is 35.2 Å². The van der Waals surface area contributed by atoms with Crippen LogP contribution < -0.4 is 0 Å². The van der Waals surface area contributed by atoms with E-state index in [1.165, 1.54) is 37.9 Å². The molecule has 1 aliphatic heterocycles. The molecule has 1 fully saturated rings. The van der Waals surface area contributed by atoms with E-state index in [4.69, 9.17) is 0 Å². The van der Waals surface area contributed by atoms with E-state index in [0.717, 1.165) is 13.0 Å². The van der Waals surface area contributed by atoms with Crippen molar-refractivity contribution in [2.45, 2.75) is 38.2 Å². The Hall–Kier alpha value is -0.600. The van der Waals surface area contributed by atoms with Gasteiger partial charge in [0.15, 0.2) is 0 Å². The lowest BCUT2D eigenvalue weighted by molar-refractivity contribution is 0.113. The van der Waals surface area contributed by atoms with Crippen molar-refractivity contribution in [2.75, 3.05) is 19.6 Å². The minimum Gasteiger partial charge on any atom is -0.386 e. The van der Waals surface area contributed by atoms with Crippen molar-refractivity contribution < 1.29 is 5.11 Å². The van der Waals surface area contributed by atoms with Gasteiger partial charge in [-0.25, -0.2) is 0 Å². The van der Waals surface area contributed by atoms with E-state index in [1.54, 1.807) is 0 Å². The van der Waals surface area contributed by atoms with Crippen LogP contribution in [0, 0.1) is 0 Å². The molecule has 1 aliphatic carbocycles. The smallest absolute Gasteiger partial charge is 0.0837 e. The van der Waals surface area contributed by atoms with E-state index >= 15 is 0 Å². The highest BCUT2D eigenvalue weighted by atomic mass is 16.3. The summed E-state index contributed by atoms with van der Waals surface area (Å²) < 4.78 is 0. The van der Waals surface area contributed by atoms with Crippen LogP contribution in [-0.2, 0) is 0 Å². The molecule has 0 aromatic carbocycles. The van der Waals surface area contributed by atoms with Gasteiger partial charge >= 0.3 is 0 Å². The van der Waals surface area contributed by atoms with Crippen molar-refractivity contribution in [3.63, 3.8) is 0 Å². The molecule has 2 aliphatic rings. The monoisotopic (exact) mass is 207 g/mol. The van der Waals surface area contributed by atoms with Gasteiger partial charge in [0.1, 0.15) is 0 Å². The first-order valence-corrected chi connectivity index (χ1v) is 5.99. The molecule has 1 atom stereocenters. The zero-order valence-corrected chi connectivity index (χ0v) is 9.58. The zero-order valence-electron chi connectivity index (χ0n) is 9.58. The molecule has 15 heavy (non-hydrogen) atoms. The third kappa shape index (κ3) is 3.18. The Morgan fingerprint density at radius 1 is 1.33 bits per heavy atom. The largest absolute Gasteiger partial charge is 0.386 e. The van der Waals surface area contributed by atoms with Gasteiger partial charge in [-0.3, -0.25) is 4.90 Å². The maximum Gasteiger partial charge on any atom is 0.0837 e. The average Bonchev–Trinajstić information content (AvgIpc) is 2.23. The molecule has 0 radical (unpaired) electrons. The molecular weight excluding hydrogens is 186 g/mol. The number of hydrogen-bond donors (Lipinski definition) is 1. The van der Waals surface area contributed by atoms with Gasteiger partial charge in [-0.05, 0) is 44.8 Å². The molecule has 1 N–H and O–H groups in total. The van der Waals surface area contributed by atoms with Gasteiger partial charge in [-0.2, -0.15) is 0 Å². The SMILES string of the molecule is CC1(O)C=CC(CN2CCCCC2)=CC1. The third-order valence-electron chi connectivity index (χ3n) is 3.29. The number of aliphatic hydroxyl groups is 1. The lowest BCUT2D eigenvalue weighted by atomic mass is 9.94. The van der Waals surface area contributed by atoms with Crippen LogP contribution in [0.5, 0.6) is 0 Å². The van der Waals surface area contributed by atoms with Gasteiger partial charge in [0.2, 0.25) is 0 Å². The summed E-state index contributed by atoms with van der Waals surface area (Å²) in [5.74, 6) is 0. The van der Waals surface area contributed by atoms with E-state index in [0.29, 0.717) is 0 Å². The second-order valence-corrected chi connectivity index (χ2v) is 5.01. The van der Waals surface area contributed by atoms with Crippen LogP contribution in [0.2, 0.25) is 0 Å². The number of rotatable bonds is 2. The van der Waals surface area contributed by atoms with Gasteiger partial charge in [-0.15, -0.1) is 0 Å². The highest BCUT2D eigenvalue weighted by Gasteiger charge is 2.19. The summed E-state index contributed by atoms with van der Waals surface area (Å²) >= 11 is 0. The zero-order chi connectivity index (χ0) is 10.7. The van der Waals surface area contributed by atoms with Crippen molar-refractivity contribution in [2.24, 2.45) is 0 Å². The molecule has 0 aromatic rings. The fourth-order valence-electron chi connectivity index (χ4n) is 2.25. The normalized spacial score (nSPS) is 32.8. The molecule has 0 amide bonds. The van der Waals surface area contributed by atoms with Crippen LogP contribution in [0.1, 0.15) is 32.6 Å². The summed E-state index contributed by atoms with van der Waals surface area (Å²) in [6.45, 7) is 5.40. The Kier molecular flexibility index (Phi) is 3.27. The lowest BCUT2D eigenvalue weighted by Crippen LogP contribution is -2.32. The molecule has 0 bridgehead atoms. The van der Waals surface area contributed by atoms with Crippen LogP contribution >= 0.6 is 0 Å². The van der Waals surface area contributed by atoms with Crippen molar-refractivity contribution >= 4 is 0 Å². The van der Waals surface area contributed by atoms with Crippen LogP contribution in [0.3, 0.4) is 0 Å². The molecule has 2 rings (SSSR count). The van der Waals surface area contributed by atoms with Gasteiger partial charge in [-0.1, -0.05) is 24.6 Å². The summed E-state index contributed by atoms with van der Waals surface area (Å²) in [5.41, 5.74) is 0.745. The maximum atomic E-state index is 9.75. The molecule has 2 heteroatoms. The standard InChI is InChI=1S/C13H21NO/c1-13(15)7-5-12(6-8-13)11-14-9-3-2-4-10-14/h5-7,15H,2-4,8-11H2,1H3. The predicted molar refractivity (Wildman–Crippen MR) is 62.8 cm³/mol. The quantitative estimate of drug-likeness (QED) is 0.749. The molecule has 84 valence electrons. The molecule has 1 saturated heterocycles. The summed E-state index contributed by atoms with van der Waals surface area (Å²) in [4.78, 5) is 2.51. The molecule has 1 heterocycles. The van der Waals surface area contributed by atoms with E-state index < -0.39 is 5.60 Å². The highest BCUT2D eigenvalue weighted by molar-refractivity contribution is 5.28. The van der Waals surface area contributed by atoms with Gasteiger partial charge < -0.3 is 5.11 Å². The van der Waals surface area contributed by atoms with Gasteiger partial charge in [0, 0.05) is 6.54 Å². The Morgan fingerprint density at radius 3 is 2.67 bits per heavy atom. The molecule has 0 spiro atoms. The summed E-state index contributed by atoms with van der Waals surface area (Å²) in [6, 6.07) is 0. The third-order valence-corrected chi connectivity index (χ3v) is 3.29. The predicted octanol–water partition coefficient (Wildman–Crippen LogP) is 2.11. The van der Waals surface area contributed by atoms with Crippen LogP contribution in [0.4, 0.5) is 0 Å². The summed E-state index contributed by atoms with van der Waals surface area (Å²) in [5, 5.41) is 9.75. The van der Waals surface area contributed by atoms with E-state index in [-0.39, 0.29) is 0 Å². The fraction of sp³-hybridized carbons (Fsp3) is 0.692. The maximum absolute atomic E-state index is 9.75. The molecular formula is C13H21NO. The Labute approximate surface area is 92.3 Å². The van der Waals surface area contributed by atoms with Crippen molar-refractivity contribution in [1.82, 2.24) is 4.90 Å².